The minimum Gasteiger partial charge on any atom is -0.478 e. The number of hydrogen-bond acceptors (Lipinski definition) is 4. The maximum Gasteiger partial charge on any atom is 0.416 e. The number of nitrogens with zero attached hydrogens (tertiary/aromatic N) is 2. The number of aliphatic carboxylic acids is 1. The van der Waals surface area contributed by atoms with E-state index in [0.717, 1.165) is 34.1 Å². The van der Waals surface area contributed by atoms with Gasteiger partial charge in [-0.2, -0.15) is 13.2 Å². The van der Waals surface area contributed by atoms with E-state index in [0.29, 0.717) is 11.3 Å². The number of hydrogen-bond donors (Lipinski definition) is 1. The number of urea groups is 1. The van der Waals surface area contributed by atoms with E-state index in [-0.39, 0.29) is 18.8 Å². The van der Waals surface area contributed by atoms with Gasteiger partial charge in [-0.05, 0) is 55.8 Å². The summed E-state index contributed by atoms with van der Waals surface area (Å²) >= 11 is 0. The average Bonchev–Trinajstić information content (AvgIpc) is 2.97. The Labute approximate surface area is 175 Å². The van der Waals surface area contributed by atoms with Gasteiger partial charge in [0.1, 0.15) is 12.3 Å². The third-order valence-corrected chi connectivity index (χ3v) is 4.71. The van der Waals surface area contributed by atoms with Crippen molar-refractivity contribution in [3.8, 4) is 5.75 Å². The molecule has 3 rings (SSSR count). The van der Waals surface area contributed by atoms with Crippen LogP contribution < -0.4 is 9.64 Å². The maximum absolute atomic E-state index is 12.7. The Balaban J connectivity index is 1.70. The average molecular weight is 436 g/mol. The monoisotopic (exact) mass is 436 g/mol. The number of carbonyl (C=O) groups excluding carboxylic acids is 2. The predicted octanol–water partition coefficient (Wildman–Crippen LogP) is 3.92. The van der Waals surface area contributed by atoms with Gasteiger partial charge in [0, 0.05) is 5.69 Å². The molecule has 0 spiro atoms. The summed E-state index contributed by atoms with van der Waals surface area (Å²) in [6.45, 7) is 2.48. The van der Waals surface area contributed by atoms with E-state index in [1.807, 2.05) is 0 Å². The van der Waals surface area contributed by atoms with Crippen molar-refractivity contribution in [3.63, 3.8) is 0 Å². The molecule has 2 aromatic carbocycles. The molecular formula is C21H19F3N2O5. The number of benzene rings is 2. The highest BCUT2D eigenvalue weighted by Crippen LogP contribution is 2.31. The summed E-state index contributed by atoms with van der Waals surface area (Å²) in [5.74, 6) is -1.31. The Morgan fingerprint density at radius 3 is 2.13 bits per heavy atom. The van der Waals surface area contributed by atoms with Crippen LogP contribution in [-0.4, -0.2) is 40.1 Å². The number of anilines is 1. The summed E-state index contributed by atoms with van der Waals surface area (Å²) in [6.07, 6.45) is -4.50. The highest BCUT2D eigenvalue weighted by atomic mass is 19.4. The quantitative estimate of drug-likeness (QED) is 0.694. The van der Waals surface area contributed by atoms with Crippen molar-refractivity contribution in [2.24, 2.45) is 0 Å². The number of carboxylic acids is 1. The van der Waals surface area contributed by atoms with Gasteiger partial charge < -0.3 is 9.84 Å². The van der Waals surface area contributed by atoms with Crippen LogP contribution in [0.1, 0.15) is 25.0 Å². The number of imide groups is 1. The highest BCUT2D eigenvalue weighted by Gasteiger charge is 2.37. The van der Waals surface area contributed by atoms with Crippen LogP contribution in [0.15, 0.2) is 48.5 Å². The molecule has 0 bridgehead atoms. The van der Waals surface area contributed by atoms with E-state index in [1.54, 1.807) is 12.1 Å². The molecule has 0 saturated carbocycles. The lowest BCUT2D eigenvalue weighted by Gasteiger charge is -2.22. The molecule has 3 amide bonds. The molecule has 1 aliphatic heterocycles. The fraction of sp³-hybridized carbons (Fsp3) is 0.286. The number of carbonyl (C=O) groups is 3. The lowest BCUT2D eigenvalue weighted by Crippen LogP contribution is -2.37. The molecule has 31 heavy (non-hydrogen) atoms. The van der Waals surface area contributed by atoms with E-state index in [4.69, 9.17) is 9.84 Å². The predicted molar refractivity (Wildman–Crippen MR) is 104 cm³/mol. The number of carboxylic acid groups (broad SMARTS) is 1. The summed E-state index contributed by atoms with van der Waals surface area (Å²) in [5.41, 5.74) is -1.49. The number of rotatable bonds is 6. The van der Waals surface area contributed by atoms with Crippen LogP contribution in [0.3, 0.4) is 0 Å². The highest BCUT2D eigenvalue weighted by molar-refractivity contribution is 6.12. The molecule has 1 N–H and O–H groups in total. The van der Waals surface area contributed by atoms with E-state index in [1.165, 1.54) is 26.0 Å². The summed E-state index contributed by atoms with van der Waals surface area (Å²) in [5, 5.41) is 9.11. The molecule has 7 nitrogen and oxygen atoms in total. The Morgan fingerprint density at radius 1 is 1.03 bits per heavy atom. The lowest BCUT2D eigenvalue weighted by atomic mass is 10.1. The molecule has 2 aromatic rings. The first kappa shape index (κ1) is 22.1. The van der Waals surface area contributed by atoms with Gasteiger partial charge in [0.2, 0.25) is 0 Å². The summed E-state index contributed by atoms with van der Waals surface area (Å²) in [6, 6.07) is 9.60. The second-order valence-corrected chi connectivity index (χ2v) is 7.45. The molecule has 1 heterocycles. The van der Waals surface area contributed by atoms with Gasteiger partial charge in [0.25, 0.3) is 5.91 Å². The second-order valence-electron chi connectivity index (χ2n) is 7.45. The van der Waals surface area contributed by atoms with Crippen molar-refractivity contribution in [1.29, 1.82) is 0 Å². The lowest BCUT2D eigenvalue weighted by molar-refractivity contribution is -0.152. The smallest absolute Gasteiger partial charge is 0.416 e. The fourth-order valence-corrected chi connectivity index (χ4v) is 2.91. The number of halogens is 3. The van der Waals surface area contributed by atoms with Gasteiger partial charge >= 0.3 is 18.2 Å². The molecule has 1 fully saturated rings. The van der Waals surface area contributed by atoms with Crippen LogP contribution in [0.5, 0.6) is 5.75 Å². The standard InChI is InChI=1S/C21H19F3N2O5/c1-20(2,18(28)29)31-16-9-3-13(4-10-16)11-26-17(27)12-25(19(26)30)15-7-5-14(6-8-15)21(22,23)24/h3-10H,11-12H2,1-2H3,(H,28,29). The van der Waals surface area contributed by atoms with Crippen LogP contribution in [0.4, 0.5) is 23.7 Å². The van der Waals surface area contributed by atoms with Crippen molar-refractivity contribution in [2.75, 3.05) is 11.4 Å². The van der Waals surface area contributed by atoms with Gasteiger partial charge in [-0.3, -0.25) is 14.6 Å². The van der Waals surface area contributed by atoms with Crippen LogP contribution in [0, 0.1) is 0 Å². The first-order valence-corrected chi connectivity index (χ1v) is 9.19. The Bertz CT molecular complexity index is 1000. The Kier molecular flexibility index (Phi) is 5.66. The molecule has 0 aliphatic carbocycles. The zero-order valence-electron chi connectivity index (χ0n) is 16.6. The zero-order chi connectivity index (χ0) is 23.0. The van der Waals surface area contributed by atoms with Crippen molar-refractivity contribution in [3.05, 3.63) is 59.7 Å². The Morgan fingerprint density at radius 2 is 1.61 bits per heavy atom. The van der Waals surface area contributed by atoms with E-state index >= 15 is 0 Å². The first-order valence-electron chi connectivity index (χ1n) is 9.19. The SMILES string of the molecule is CC(C)(Oc1ccc(CN2C(=O)CN(c3ccc(C(F)(F)F)cc3)C2=O)cc1)C(=O)O. The molecule has 0 atom stereocenters. The third-order valence-electron chi connectivity index (χ3n) is 4.71. The van der Waals surface area contributed by atoms with Crippen LogP contribution in [-0.2, 0) is 22.3 Å². The van der Waals surface area contributed by atoms with Gasteiger partial charge in [-0.1, -0.05) is 12.1 Å². The largest absolute Gasteiger partial charge is 0.478 e. The molecule has 0 unspecified atom stereocenters. The molecule has 1 aliphatic rings. The van der Waals surface area contributed by atoms with E-state index in [9.17, 15) is 27.6 Å². The number of ether oxygens (including phenoxy) is 1. The maximum atomic E-state index is 12.7. The summed E-state index contributed by atoms with van der Waals surface area (Å²) in [7, 11) is 0. The number of alkyl halides is 3. The van der Waals surface area contributed by atoms with E-state index < -0.39 is 35.2 Å². The van der Waals surface area contributed by atoms with Crippen molar-refractivity contribution >= 4 is 23.6 Å². The van der Waals surface area contributed by atoms with Gasteiger partial charge in [-0.15, -0.1) is 0 Å². The minimum absolute atomic E-state index is 0.0442. The van der Waals surface area contributed by atoms with Crippen LogP contribution >= 0.6 is 0 Å². The molecule has 0 radical (unpaired) electrons. The van der Waals surface area contributed by atoms with Crippen molar-refractivity contribution < 1.29 is 37.4 Å². The fourth-order valence-electron chi connectivity index (χ4n) is 2.91. The van der Waals surface area contributed by atoms with E-state index in [2.05, 4.69) is 0 Å². The number of amides is 3. The van der Waals surface area contributed by atoms with Gasteiger partial charge in [-0.25, -0.2) is 9.59 Å². The molecular weight excluding hydrogens is 417 g/mol. The topological polar surface area (TPSA) is 87.2 Å². The Hall–Kier alpha value is -3.56. The zero-order valence-corrected chi connectivity index (χ0v) is 16.6. The van der Waals surface area contributed by atoms with Gasteiger partial charge in [0.05, 0.1) is 12.1 Å². The molecule has 10 heteroatoms. The summed E-state index contributed by atoms with van der Waals surface area (Å²) in [4.78, 5) is 38.2. The molecule has 0 aromatic heterocycles. The van der Waals surface area contributed by atoms with Crippen LogP contribution in [0.2, 0.25) is 0 Å². The van der Waals surface area contributed by atoms with Gasteiger partial charge in [0.15, 0.2) is 5.60 Å². The summed E-state index contributed by atoms with van der Waals surface area (Å²) < 4.78 is 43.6. The normalized spacial score (nSPS) is 14.9. The molecule has 164 valence electrons. The second kappa shape index (κ2) is 7.93. The van der Waals surface area contributed by atoms with Crippen molar-refractivity contribution in [1.82, 2.24) is 4.90 Å². The minimum atomic E-state index is -4.50. The first-order chi connectivity index (χ1) is 14.4. The van der Waals surface area contributed by atoms with Crippen molar-refractivity contribution in [2.45, 2.75) is 32.2 Å². The third kappa shape index (κ3) is 4.79. The molecule has 1 saturated heterocycles. The van der Waals surface area contributed by atoms with Crippen LogP contribution in [0.25, 0.3) is 0 Å².